The number of methoxy groups -OCH3 is 7. The molecule has 19 atom stereocenters. The Hall–Kier alpha value is 0.160. The first-order chi connectivity index (χ1) is 53.4. The third-order valence-corrected chi connectivity index (χ3v) is 27.4. The summed E-state index contributed by atoms with van der Waals surface area (Å²) in [5.41, 5.74) is 0. The molecule has 0 aliphatic carbocycles. The van der Waals surface area contributed by atoms with Gasteiger partial charge in [0, 0.05) is 257 Å². The average Bonchev–Trinajstić information content (AvgIpc) is 0.839. The molecule has 33 nitrogen and oxygen atoms in total. The first-order valence-corrected chi connectivity index (χ1v) is 59.5. The van der Waals surface area contributed by atoms with Crippen LogP contribution in [-0.2, 0) is 201 Å². The van der Waals surface area contributed by atoms with E-state index >= 15 is 0 Å². The fraction of sp³-hybridized carbons (Fsp3) is 1.00. The molecule has 0 amide bonds. The fourth-order valence-electron chi connectivity index (χ4n) is 8.70. The van der Waals surface area contributed by atoms with E-state index in [1.54, 1.807) is 65.1 Å². The highest BCUT2D eigenvalue weighted by Gasteiger charge is 2.34. The van der Waals surface area contributed by atoms with Crippen LogP contribution in [0.1, 0.15) is 93.4 Å². The third-order valence-electron chi connectivity index (χ3n) is 14.5. The Morgan fingerprint density at radius 3 is 0.835 bits per heavy atom. The van der Waals surface area contributed by atoms with Crippen LogP contribution in [-0.4, -0.2) is 425 Å². The second-order valence-electron chi connectivity index (χ2n) is 26.7. The molecule has 0 rings (SSSR count). The molecule has 19 unspecified atom stereocenters. The summed E-state index contributed by atoms with van der Waals surface area (Å²) in [5.74, 6) is 1.57. The van der Waals surface area contributed by atoms with Crippen molar-refractivity contribution in [2.75, 3.05) is 282 Å². The molecule has 0 heterocycles. The van der Waals surface area contributed by atoms with Crippen molar-refractivity contribution in [3.05, 3.63) is 0 Å². The van der Waals surface area contributed by atoms with E-state index in [0.717, 1.165) is 76.6 Å². The van der Waals surface area contributed by atoms with E-state index in [2.05, 4.69) is 6.92 Å². The lowest BCUT2D eigenvalue weighted by Crippen LogP contribution is -2.43. The van der Waals surface area contributed by atoms with Crippen molar-refractivity contribution in [3.63, 3.8) is 0 Å². The monoisotopic (exact) mass is 1910 g/mol. The minimum absolute atomic E-state index is 0.0210. The largest absolute Gasteiger partial charge is 0.379 e. The summed E-state index contributed by atoms with van der Waals surface area (Å²) < 4.78 is 275. The zero-order valence-corrected chi connectivity index (χ0v) is 83.7. The molecule has 0 aliphatic rings. The molecular formula is C70H154O33S12. The van der Waals surface area contributed by atoms with Crippen LogP contribution in [0, 0.1) is 0 Å². The summed E-state index contributed by atoms with van der Waals surface area (Å²) in [6, 6.07) is 0. The van der Waals surface area contributed by atoms with Crippen LogP contribution >= 0.6 is 0 Å². The zero-order valence-electron chi connectivity index (χ0n) is 73.9. The SMILES string of the molecule is CCC(CS(C)=O)OCC(CS(C)(=O)=O)OC.CCCOCC(COCC(CS(C)=O)S(C)=O)OC.CCCOCC(CS(C)(=O)=O)OC.CCCOCC(CS(C)=O)OC.CCCOCC(CS(C)=O)OCC(CS(C)(=O)=O)OC.CCCOCC(OC)C(CS(C)(=O)=O)S(C)(=O)=O.CCCOCC(OC)C(CS(C)=O)S(C)=O. The van der Waals surface area contributed by atoms with Crippen LogP contribution in [0.2, 0.25) is 0 Å². The Balaban J connectivity index is -0.000000238. The Morgan fingerprint density at radius 1 is 0.270 bits per heavy atom. The van der Waals surface area contributed by atoms with Crippen LogP contribution in [0.25, 0.3) is 0 Å². The predicted octanol–water partition coefficient (Wildman–Crippen LogP) is 2.74. The van der Waals surface area contributed by atoms with Crippen LogP contribution in [0.15, 0.2) is 0 Å². The molecule has 0 aliphatic heterocycles. The lowest BCUT2D eigenvalue weighted by molar-refractivity contribution is -0.0436. The van der Waals surface area contributed by atoms with Crippen LogP contribution in [0.5, 0.6) is 0 Å². The lowest BCUT2D eigenvalue weighted by Gasteiger charge is -2.23. The van der Waals surface area contributed by atoms with Gasteiger partial charge in [-0.25, -0.2) is 42.1 Å². The standard InChI is InChI=1S/C12H26O6S2.C12H26O5S2.C10H22O6S2.C10H22O5S2.C10H22O4S2.C8H18O4S.C8H18O3S/c1-5-6-17-7-11(9-19(3)13)18-8-12(16-2)10-20(4,14)15;1-5-6-16-7-11(15-2)8-17-9-12(19(4)14)10-18(3)13;1-5-6-16-7-9(15-2)10(18(4,13)14)8-17(3,11)12;1-5-9(7-16(3)11)15-6-10(14-2)8-17(4,12)13;1-5-6-14-7-9(13-2)10(16(4)12)8-15(3)11;1-4-5-12-6-8(11-2)7-13(3,9)10;1-4-5-11-6-8(10-2)7-12(3)9/h11-12H,5-10H2,1-4H3;11-12H,5-10H2,1-4H3;9-10H,5-8H2,1-4H3;9-10H,5-8H2,1-4H3;9-10H,5-8H2,1-4H3;8H,4-7H2,1-3H3;8H,4-7H2,1-3H3. The minimum atomic E-state index is -3.53. The average molecular weight is 1910 g/mol. The Kier molecular flexibility index (Phi) is 89.3. The second kappa shape index (κ2) is 80.0. The maximum absolute atomic E-state index is 11.6. The molecule has 0 radical (unpaired) electrons. The highest BCUT2D eigenvalue weighted by atomic mass is 32.2. The zero-order chi connectivity index (χ0) is 90.4. The van der Waals surface area contributed by atoms with Gasteiger partial charge in [-0.1, -0.05) is 48.5 Å². The van der Waals surface area contributed by atoms with Gasteiger partial charge in [0.05, 0.1) is 160 Å². The smallest absolute Gasteiger partial charge is 0.153 e. The molecule has 45 heteroatoms. The molecule has 0 saturated carbocycles. The van der Waals surface area contributed by atoms with Gasteiger partial charge in [0.15, 0.2) is 9.84 Å². The van der Waals surface area contributed by atoms with E-state index in [1.165, 1.54) is 34.7 Å². The summed E-state index contributed by atoms with van der Waals surface area (Å²) in [6.45, 7) is 21.1. The van der Waals surface area contributed by atoms with Crippen LogP contribution < -0.4 is 0 Å². The number of sulfone groups is 5. The van der Waals surface area contributed by atoms with E-state index in [9.17, 15) is 71.6 Å². The lowest BCUT2D eigenvalue weighted by atomic mass is 10.3. The Labute approximate surface area is 713 Å². The van der Waals surface area contributed by atoms with Gasteiger partial charge < -0.3 is 75.8 Å². The third kappa shape index (κ3) is 93.2. The van der Waals surface area contributed by atoms with Crippen molar-refractivity contribution in [2.24, 2.45) is 0 Å². The molecule has 704 valence electrons. The Bertz CT molecular complexity index is 3070. The molecule has 0 saturated heterocycles. The van der Waals surface area contributed by atoms with Crippen molar-refractivity contribution in [2.45, 2.75) is 164 Å². The van der Waals surface area contributed by atoms with Gasteiger partial charge >= 0.3 is 0 Å². The molecule has 0 aromatic carbocycles. The van der Waals surface area contributed by atoms with E-state index in [1.807, 2.05) is 41.5 Å². The quantitative estimate of drug-likeness (QED) is 0.0790. The number of rotatable bonds is 65. The van der Waals surface area contributed by atoms with Crippen LogP contribution in [0.4, 0.5) is 0 Å². The molecular weight excluding hydrogens is 1750 g/mol. The molecule has 0 aromatic heterocycles. The topological polar surface area (TPSA) is 438 Å². The first kappa shape index (κ1) is 128. The fourth-order valence-corrected chi connectivity index (χ4v) is 21.9. The molecule has 0 fully saturated rings. The van der Waals surface area contributed by atoms with Gasteiger partial charge in [-0.3, -0.25) is 29.5 Å². The van der Waals surface area contributed by atoms with E-state index in [-0.39, 0.29) is 84.2 Å². The summed E-state index contributed by atoms with van der Waals surface area (Å²) in [4.78, 5) is 0. The summed E-state index contributed by atoms with van der Waals surface area (Å²) in [7, 11) is -12.3. The molecule has 0 bridgehead atoms. The van der Waals surface area contributed by atoms with Gasteiger partial charge in [-0.15, -0.1) is 0 Å². The minimum Gasteiger partial charge on any atom is -0.379 e. The summed E-state index contributed by atoms with van der Waals surface area (Å²) in [5, 5.41) is -1.53. The summed E-state index contributed by atoms with van der Waals surface area (Å²) >= 11 is 0. The maximum Gasteiger partial charge on any atom is 0.153 e. The van der Waals surface area contributed by atoms with Gasteiger partial charge in [0.25, 0.3) is 0 Å². The van der Waals surface area contributed by atoms with Crippen molar-refractivity contribution < 1.29 is 147 Å². The van der Waals surface area contributed by atoms with E-state index < -0.39 is 154 Å². The Morgan fingerprint density at radius 2 is 0.548 bits per heavy atom. The highest BCUT2D eigenvalue weighted by molar-refractivity contribution is 7.95. The molecule has 0 N–H and O–H groups in total. The van der Waals surface area contributed by atoms with Gasteiger partial charge in [-0.05, 0) is 44.9 Å². The number of hydrogen-bond donors (Lipinski definition) is 0. The van der Waals surface area contributed by atoms with E-state index in [4.69, 9.17) is 75.8 Å². The summed E-state index contributed by atoms with van der Waals surface area (Å²) in [6.07, 6.45) is 20.2. The van der Waals surface area contributed by atoms with E-state index in [0.29, 0.717) is 108 Å². The molecule has 0 spiro atoms. The van der Waals surface area contributed by atoms with Crippen molar-refractivity contribution in [1.82, 2.24) is 0 Å². The maximum atomic E-state index is 11.6. The first-order valence-electron chi connectivity index (χ1n) is 37.4. The molecule has 115 heavy (non-hydrogen) atoms. The van der Waals surface area contributed by atoms with Gasteiger partial charge in [0.1, 0.15) is 50.7 Å². The number of ether oxygens (including phenoxy) is 16. The van der Waals surface area contributed by atoms with Crippen molar-refractivity contribution in [3.8, 4) is 0 Å². The van der Waals surface area contributed by atoms with Crippen molar-refractivity contribution in [1.29, 1.82) is 0 Å². The normalized spacial score (nSPS) is 17.0. The highest BCUT2D eigenvalue weighted by Crippen LogP contribution is 2.14. The van der Waals surface area contributed by atoms with Gasteiger partial charge in [0.2, 0.25) is 0 Å². The molecule has 0 aromatic rings. The predicted molar refractivity (Wildman–Crippen MR) is 471 cm³/mol. The van der Waals surface area contributed by atoms with Crippen LogP contribution in [0.3, 0.4) is 0 Å². The second-order valence-corrected chi connectivity index (χ2v) is 48.4. The number of hydrogen-bond acceptors (Lipinski definition) is 33. The van der Waals surface area contributed by atoms with Crippen molar-refractivity contribution >= 4 is 125 Å². The van der Waals surface area contributed by atoms with Gasteiger partial charge in [-0.2, -0.15) is 0 Å².